The number of nitrogen functional groups attached to an aromatic ring is 1. The topological polar surface area (TPSA) is 43.1 Å². The first kappa shape index (κ1) is 11.5. The average Bonchev–Trinajstić information content (AvgIpc) is 2.14. The van der Waals surface area contributed by atoms with Crippen LogP contribution in [-0.2, 0) is 11.2 Å². The van der Waals surface area contributed by atoms with E-state index in [9.17, 15) is 4.79 Å². The first-order valence-corrected chi connectivity index (χ1v) is 5.08. The molecule has 0 bridgehead atoms. The van der Waals surface area contributed by atoms with Crippen LogP contribution in [0.5, 0.6) is 0 Å². The fraction of sp³-hybridized carbons (Fsp3) is 0.308. The zero-order valence-electron chi connectivity index (χ0n) is 9.12. The molecule has 0 aliphatic rings. The summed E-state index contributed by atoms with van der Waals surface area (Å²) in [5.41, 5.74) is 8.44. The van der Waals surface area contributed by atoms with Crippen LogP contribution in [0.1, 0.15) is 25.3 Å². The van der Waals surface area contributed by atoms with Gasteiger partial charge in [-0.1, -0.05) is 24.3 Å². The molecule has 1 rings (SSSR count). The van der Waals surface area contributed by atoms with Gasteiger partial charge < -0.3 is 5.73 Å². The third kappa shape index (κ3) is 4.45. The molecule has 0 unspecified atom stereocenters. The average molecular weight is 203 g/mol. The first-order valence-electron chi connectivity index (χ1n) is 5.08. The normalized spacial score (nSPS) is 9.93. The molecule has 0 aliphatic carbocycles. The molecule has 15 heavy (non-hydrogen) atoms. The number of ketones is 1. The van der Waals surface area contributed by atoms with Crippen LogP contribution < -0.4 is 5.73 Å². The van der Waals surface area contributed by atoms with Crippen molar-refractivity contribution in [2.24, 2.45) is 0 Å². The van der Waals surface area contributed by atoms with Crippen molar-refractivity contribution in [2.75, 3.05) is 5.73 Å². The van der Waals surface area contributed by atoms with Crippen LogP contribution in [-0.4, -0.2) is 5.78 Å². The Hall–Kier alpha value is -1.57. The van der Waals surface area contributed by atoms with Crippen LogP contribution in [0.3, 0.4) is 0 Å². The Labute approximate surface area is 90.8 Å². The lowest BCUT2D eigenvalue weighted by atomic mass is 10.0. The van der Waals surface area contributed by atoms with Gasteiger partial charge in [0.05, 0.1) is 0 Å². The molecule has 2 heteroatoms. The number of anilines is 1. The highest BCUT2D eigenvalue weighted by Crippen LogP contribution is 2.10. The molecule has 0 aliphatic heterocycles. The number of aryl methyl sites for hydroxylation is 1. The fourth-order valence-corrected chi connectivity index (χ4v) is 1.46. The molecule has 80 valence electrons. The van der Waals surface area contributed by atoms with Gasteiger partial charge >= 0.3 is 0 Å². The third-order valence-electron chi connectivity index (χ3n) is 2.14. The number of Topliss-reactive ketones (excluding diaryl/α,β-unsaturated/α-hetero) is 1. The number of nitrogens with two attached hydrogens (primary N) is 1. The molecule has 0 heterocycles. The molecule has 1 aromatic rings. The van der Waals surface area contributed by atoms with E-state index in [1.165, 1.54) is 0 Å². The van der Waals surface area contributed by atoms with E-state index >= 15 is 0 Å². The summed E-state index contributed by atoms with van der Waals surface area (Å²) < 4.78 is 0. The van der Waals surface area contributed by atoms with E-state index in [2.05, 4.69) is 6.58 Å². The zero-order chi connectivity index (χ0) is 11.3. The van der Waals surface area contributed by atoms with Gasteiger partial charge in [0.25, 0.3) is 0 Å². The highest BCUT2D eigenvalue weighted by Gasteiger charge is 2.02. The van der Waals surface area contributed by atoms with Crippen LogP contribution in [0, 0.1) is 0 Å². The van der Waals surface area contributed by atoms with E-state index in [1.54, 1.807) is 0 Å². The van der Waals surface area contributed by atoms with Crippen LogP contribution in [0.4, 0.5) is 5.69 Å². The van der Waals surface area contributed by atoms with Gasteiger partial charge in [-0.15, -0.1) is 0 Å². The summed E-state index contributed by atoms with van der Waals surface area (Å²) in [6, 6.07) is 7.66. The Balaban J connectivity index is 2.43. The minimum Gasteiger partial charge on any atom is -0.399 e. The molecule has 2 N–H and O–H groups in total. The maximum atomic E-state index is 11.4. The number of carbonyl (C=O) groups is 1. The summed E-state index contributed by atoms with van der Waals surface area (Å²) in [5, 5.41) is 0. The lowest BCUT2D eigenvalue weighted by Crippen LogP contribution is -2.00. The molecular weight excluding hydrogens is 186 g/mol. The van der Waals surface area contributed by atoms with Gasteiger partial charge in [-0.2, -0.15) is 0 Å². The number of hydrogen-bond acceptors (Lipinski definition) is 2. The molecule has 0 fully saturated rings. The Morgan fingerprint density at radius 3 is 2.80 bits per heavy atom. The van der Waals surface area contributed by atoms with E-state index in [-0.39, 0.29) is 5.78 Å². The minimum absolute atomic E-state index is 0.241. The smallest absolute Gasteiger partial charge is 0.137 e. The van der Waals surface area contributed by atoms with Crippen molar-refractivity contribution in [3.63, 3.8) is 0 Å². The highest BCUT2D eigenvalue weighted by molar-refractivity contribution is 5.80. The number of allylic oxidation sites excluding steroid dienone is 1. The van der Waals surface area contributed by atoms with Gasteiger partial charge in [-0.25, -0.2) is 0 Å². The molecular formula is C13H17NO. The summed E-state index contributed by atoms with van der Waals surface area (Å²) in [6.07, 6.45) is 1.82. The summed E-state index contributed by atoms with van der Waals surface area (Å²) in [4.78, 5) is 11.4. The van der Waals surface area contributed by atoms with Crippen LogP contribution in [0.2, 0.25) is 0 Å². The lowest BCUT2D eigenvalue weighted by Gasteiger charge is -2.02. The Morgan fingerprint density at radius 2 is 2.20 bits per heavy atom. The van der Waals surface area contributed by atoms with Gasteiger partial charge in [-0.05, 0) is 31.0 Å². The van der Waals surface area contributed by atoms with E-state index in [1.807, 2.05) is 31.2 Å². The van der Waals surface area contributed by atoms with Crippen molar-refractivity contribution >= 4 is 11.5 Å². The minimum atomic E-state index is 0.241. The molecule has 0 radical (unpaired) electrons. The van der Waals surface area contributed by atoms with Crippen molar-refractivity contribution in [1.82, 2.24) is 0 Å². The quantitative estimate of drug-likeness (QED) is 0.590. The molecule has 2 nitrogen and oxygen atoms in total. The number of benzene rings is 1. The number of rotatable bonds is 5. The fourth-order valence-electron chi connectivity index (χ4n) is 1.46. The molecule has 0 spiro atoms. The van der Waals surface area contributed by atoms with Gasteiger partial charge in [0.15, 0.2) is 0 Å². The van der Waals surface area contributed by atoms with Crippen molar-refractivity contribution in [3.05, 3.63) is 42.0 Å². The largest absolute Gasteiger partial charge is 0.399 e. The molecule has 0 saturated heterocycles. The predicted octanol–water partition coefficient (Wildman–Crippen LogP) is 2.74. The zero-order valence-corrected chi connectivity index (χ0v) is 9.12. The summed E-state index contributed by atoms with van der Waals surface area (Å²) in [5.74, 6) is 0.241. The Kier molecular flexibility index (Phi) is 4.10. The van der Waals surface area contributed by atoms with E-state index in [4.69, 9.17) is 5.73 Å². The van der Waals surface area contributed by atoms with Crippen LogP contribution in [0.25, 0.3) is 0 Å². The Morgan fingerprint density at radius 1 is 1.47 bits per heavy atom. The number of hydrogen-bond donors (Lipinski definition) is 1. The maximum absolute atomic E-state index is 11.4. The molecule has 0 atom stereocenters. The predicted molar refractivity (Wildman–Crippen MR) is 63.6 cm³/mol. The Bertz CT molecular complexity index is 369. The summed E-state index contributed by atoms with van der Waals surface area (Å²) in [7, 11) is 0. The molecule has 1 aromatic carbocycles. The molecule has 0 amide bonds. The van der Waals surface area contributed by atoms with Crippen molar-refractivity contribution in [2.45, 2.75) is 26.2 Å². The van der Waals surface area contributed by atoms with Crippen molar-refractivity contribution < 1.29 is 4.79 Å². The van der Waals surface area contributed by atoms with Crippen molar-refractivity contribution in [3.8, 4) is 0 Å². The second-order valence-corrected chi connectivity index (χ2v) is 3.92. The van der Waals surface area contributed by atoms with E-state index in [0.717, 1.165) is 23.2 Å². The second-order valence-electron chi connectivity index (χ2n) is 3.92. The van der Waals surface area contributed by atoms with E-state index in [0.29, 0.717) is 12.8 Å². The lowest BCUT2D eigenvalue weighted by molar-refractivity contribution is -0.118. The second kappa shape index (κ2) is 5.35. The number of carbonyl (C=O) groups excluding carboxylic acids is 1. The van der Waals surface area contributed by atoms with Crippen molar-refractivity contribution in [1.29, 1.82) is 0 Å². The summed E-state index contributed by atoms with van der Waals surface area (Å²) >= 11 is 0. The SMILES string of the molecule is C=C(C)CC(=O)CCc1cccc(N)c1. The molecule has 0 aromatic heterocycles. The third-order valence-corrected chi connectivity index (χ3v) is 2.14. The standard InChI is InChI=1S/C13H17NO/c1-10(2)8-13(15)7-6-11-4-3-5-12(14)9-11/h3-5,9H,1,6-8,14H2,2H3. The maximum Gasteiger partial charge on any atom is 0.137 e. The first-order chi connectivity index (χ1) is 7.08. The van der Waals surface area contributed by atoms with Gasteiger partial charge in [0.1, 0.15) is 5.78 Å². The van der Waals surface area contributed by atoms with Gasteiger partial charge in [0.2, 0.25) is 0 Å². The van der Waals surface area contributed by atoms with Gasteiger partial charge in [-0.3, -0.25) is 4.79 Å². The van der Waals surface area contributed by atoms with Crippen LogP contribution >= 0.6 is 0 Å². The summed E-state index contributed by atoms with van der Waals surface area (Å²) in [6.45, 7) is 5.60. The van der Waals surface area contributed by atoms with Crippen LogP contribution in [0.15, 0.2) is 36.4 Å². The monoisotopic (exact) mass is 203 g/mol. The highest BCUT2D eigenvalue weighted by atomic mass is 16.1. The molecule has 0 saturated carbocycles. The van der Waals surface area contributed by atoms with Gasteiger partial charge in [0, 0.05) is 18.5 Å². The van der Waals surface area contributed by atoms with E-state index < -0.39 is 0 Å².